The lowest BCUT2D eigenvalue weighted by Crippen LogP contribution is -2.30. The van der Waals surface area contributed by atoms with Crippen molar-refractivity contribution < 1.29 is 9.53 Å². The van der Waals surface area contributed by atoms with Crippen LogP contribution in [0.5, 0.6) is 5.75 Å². The molecule has 1 heterocycles. The first kappa shape index (κ1) is 13.2. The van der Waals surface area contributed by atoms with Crippen LogP contribution >= 0.6 is 11.6 Å². The van der Waals surface area contributed by atoms with Crippen molar-refractivity contribution in [2.24, 2.45) is 5.92 Å². The molecule has 1 unspecified atom stereocenters. The number of amides is 1. The molecule has 1 amide bonds. The molecule has 1 aromatic carbocycles. The molecule has 2 rings (SSSR count). The van der Waals surface area contributed by atoms with Gasteiger partial charge in [0.15, 0.2) is 0 Å². The van der Waals surface area contributed by atoms with E-state index in [0.717, 1.165) is 30.8 Å². The lowest BCUT2D eigenvalue weighted by molar-refractivity contribution is -0.129. The number of carbonyl (C=O) groups is 1. The smallest absolute Gasteiger partial charge is 0.227 e. The van der Waals surface area contributed by atoms with Gasteiger partial charge in [-0.2, -0.15) is 0 Å². The number of ether oxygens (including phenoxy) is 1. The highest BCUT2D eigenvalue weighted by atomic mass is 35.5. The second kappa shape index (κ2) is 6.10. The van der Waals surface area contributed by atoms with Crippen molar-refractivity contribution in [1.29, 1.82) is 0 Å². The fourth-order valence-electron chi connectivity index (χ4n) is 2.25. The van der Waals surface area contributed by atoms with Crippen LogP contribution in [0.15, 0.2) is 24.3 Å². The van der Waals surface area contributed by atoms with Gasteiger partial charge < -0.3 is 9.64 Å². The highest BCUT2D eigenvalue weighted by molar-refractivity contribution is 6.18. The Morgan fingerprint density at radius 1 is 1.56 bits per heavy atom. The van der Waals surface area contributed by atoms with Crippen LogP contribution in [0.25, 0.3) is 0 Å². The third kappa shape index (κ3) is 3.16. The van der Waals surface area contributed by atoms with E-state index in [1.165, 1.54) is 0 Å². The molecule has 98 valence electrons. The summed E-state index contributed by atoms with van der Waals surface area (Å²) in [5.74, 6) is 2.07. The van der Waals surface area contributed by atoms with Crippen molar-refractivity contribution in [2.45, 2.75) is 12.8 Å². The number of benzene rings is 1. The first-order valence-electron chi connectivity index (χ1n) is 6.19. The van der Waals surface area contributed by atoms with Crippen molar-refractivity contribution in [3.05, 3.63) is 29.8 Å². The second-order valence-electron chi connectivity index (χ2n) is 4.68. The third-order valence-corrected chi connectivity index (χ3v) is 3.78. The lowest BCUT2D eigenvalue weighted by atomic mass is 10.1. The quantitative estimate of drug-likeness (QED) is 0.784. The zero-order valence-electron chi connectivity index (χ0n) is 10.6. The molecule has 4 heteroatoms. The van der Waals surface area contributed by atoms with E-state index in [4.69, 9.17) is 16.3 Å². The first-order valence-corrected chi connectivity index (χ1v) is 6.73. The molecule has 1 aromatic rings. The van der Waals surface area contributed by atoms with Gasteiger partial charge in [0.1, 0.15) is 5.75 Å². The van der Waals surface area contributed by atoms with Gasteiger partial charge in [-0.15, -0.1) is 11.6 Å². The van der Waals surface area contributed by atoms with E-state index in [1.807, 2.05) is 29.2 Å². The maximum absolute atomic E-state index is 12.1. The van der Waals surface area contributed by atoms with Gasteiger partial charge in [0.05, 0.1) is 13.5 Å². The molecule has 3 nitrogen and oxygen atoms in total. The summed E-state index contributed by atoms with van der Waals surface area (Å²) in [6, 6.07) is 7.66. The van der Waals surface area contributed by atoms with Crippen LogP contribution in [0.2, 0.25) is 0 Å². The maximum Gasteiger partial charge on any atom is 0.227 e. The number of methoxy groups -OCH3 is 1. The molecule has 0 N–H and O–H groups in total. The molecule has 0 spiro atoms. The van der Waals surface area contributed by atoms with Crippen LogP contribution < -0.4 is 4.74 Å². The Morgan fingerprint density at radius 3 is 3.06 bits per heavy atom. The molecule has 1 aliphatic heterocycles. The summed E-state index contributed by atoms with van der Waals surface area (Å²) in [6.07, 6.45) is 1.46. The van der Waals surface area contributed by atoms with E-state index in [9.17, 15) is 4.79 Å². The van der Waals surface area contributed by atoms with Crippen molar-refractivity contribution in [3.8, 4) is 5.75 Å². The average Bonchev–Trinajstić information content (AvgIpc) is 2.88. The van der Waals surface area contributed by atoms with Crippen LogP contribution in [0.1, 0.15) is 12.0 Å². The molecule has 1 fully saturated rings. The minimum atomic E-state index is 0.177. The molecule has 0 bridgehead atoms. The average molecular weight is 268 g/mol. The Morgan fingerprint density at radius 2 is 2.39 bits per heavy atom. The Balaban J connectivity index is 1.94. The Labute approximate surface area is 113 Å². The summed E-state index contributed by atoms with van der Waals surface area (Å²) in [5, 5.41) is 0. The molecule has 0 saturated carbocycles. The van der Waals surface area contributed by atoms with Crippen molar-refractivity contribution >= 4 is 17.5 Å². The highest BCUT2D eigenvalue weighted by Crippen LogP contribution is 2.19. The summed E-state index contributed by atoms with van der Waals surface area (Å²) in [5.41, 5.74) is 0.994. The van der Waals surface area contributed by atoms with Crippen LogP contribution in [-0.2, 0) is 11.2 Å². The van der Waals surface area contributed by atoms with Crippen molar-refractivity contribution in [1.82, 2.24) is 4.90 Å². The summed E-state index contributed by atoms with van der Waals surface area (Å²) >= 11 is 5.82. The van der Waals surface area contributed by atoms with Crippen LogP contribution in [0.3, 0.4) is 0 Å². The van der Waals surface area contributed by atoms with Gasteiger partial charge in [-0.05, 0) is 30.0 Å². The number of hydrogen-bond acceptors (Lipinski definition) is 2. The SMILES string of the molecule is COc1cccc(CC(=O)N2CCC(CCl)C2)c1. The molecular weight excluding hydrogens is 250 g/mol. The summed E-state index contributed by atoms with van der Waals surface area (Å²) in [7, 11) is 1.63. The molecular formula is C14H18ClNO2. The van der Waals surface area contributed by atoms with Gasteiger partial charge in [0.25, 0.3) is 0 Å². The van der Waals surface area contributed by atoms with Crippen LogP contribution in [0, 0.1) is 5.92 Å². The Hall–Kier alpha value is -1.22. The standard InChI is InChI=1S/C14H18ClNO2/c1-18-13-4-2-3-11(7-13)8-14(17)16-6-5-12(9-15)10-16/h2-4,7,12H,5-6,8-10H2,1H3. The van der Waals surface area contributed by atoms with E-state index >= 15 is 0 Å². The highest BCUT2D eigenvalue weighted by Gasteiger charge is 2.25. The van der Waals surface area contributed by atoms with Crippen LogP contribution in [0.4, 0.5) is 0 Å². The Kier molecular flexibility index (Phi) is 4.48. The number of rotatable bonds is 4. The zero-order chi connectivity index (χ0) is 13.0. The van der Waals surface area contributed by atoms with Gasteiger partial charge >= 0.3 is 0 Å². The predicted molar refractivity (Wildman–Crippen MR) is 72.1 cm³/mol. The number of nitrogens with zero attached hydrogens (tertiary/aromatic N) is 1. The minimum Gasteiger partial charge on any atom is -0.497 e. The molecule has 0 radical (unpaired) electrons. The third-order valence-electron chi connectivity index (χ3n) is 3.35. The van der Waals surface area contributed by atoms with Gasteiger partial charge in [0.2, 0.25) is 5.91 Å². The number of halogens is 1. The number of likely N-dealkylation sites (tertiary alicyclic amines) is 1. The number of hydrogen-bond donors (Lipinski definition) is 0. The van der Waals surface area contributed by atoms with Gasteiger partial charge in [0, 0.05) is 19.0 Å². The predicted octanol–water partition coefficient (Wildman–Crippen LogP) is 2.33. The maximum atomic E-state index is 12.1. The van der Waals surface area contributed by atoms with E-state index in [2.05, 4.69) is 0 Å². The molecule has 18 heavy (non-hydrogen) atoms. The lowest BCUT2D eigenvalue weighted by Gasteiger charge is -2.16. The molecule has 0 aliphatic carbocycles. The number of alkyl halides is 1. The summed E-state index contributed by atoms with van der Waals surface area (Å²) in [4.78, 5) is 14.0. The summed E-state index contributed by atoms with van der Waals surface area (Å²) < 4.78 is 5.15. The van der Waals surface area contributed by atoms with Gasteiger partial charge in [-0.1, -0.05) is 12.1 Å². The van der Waals surface area contributed by atoms with E-state index in [1.54, 1.807) is 7.11 Å². The molecule has 1 saturated heterocycles. The monoisotopic (exact) mass is 267 g/mol. The fraction of sp³-hybridized carbons (Fsp3) is 0.500. The normalized spacial score (nSPS) is 19.0. The van der Waals surface area contributed by atoms with Crippen molar-refractivity contribution in [3.63, 3.8) is 0 Å². The molecule has 0 aromatic heterocycles. The van der Waals surface area contributed by atoms with Crippen LogP contribution in [-0.4, -0.2) is 36.9 Å². The molecule has 1 atom stereocenters. The second-order valence-corrected chi connectivity index (χ2v) is 4.99. The van der Waals surface area contributed by atoms with E-state index in [0.29, 0.717) is 18.2 Å². The zero-order valence-corrected chi connectivity index (χ0v) is 11.3. The van der Waals surface area contributed by atoms with Crippen molar-refractivity contribution in [2.75, 3.05) is 26.1 Å². The van der Waals surface area contributed by atoms with E-state index < -0.39 is 0 Å². The topological polar surface area (TPSA) is 29.5 Å². The van der Waals surface area contributed by atoms with Gasteiger partial charge in [-0.25, -0.2) is 0 Å². The minimum absolute atomic E-state index is 0.177. The van der Waals surface area contributed by atoms with E-state index in [-0.39, 0.29) is 5.91 Å². The first-order chi connectivity index (χ1) is 8.72. The van der Waals surface area contributed by atoms with Gasteiger partial charge in [-0.3, -0.25) is 4.79 Å². The largest absolute Gasteiger partial charge is 0.497 e. The number of carbonyl (C=O) groups excluding carboxylic acids is 1. The molecule has 1 aliphatic rings. The summed E-state index contributed by atoms with van der Waals surface area (Å²) in [6.45, 7) is 1.63. The fourth-order valence-corrected chi connectivity index (χ4v) is 2.51. The Bertz CT molecular complexity index is 422.